The molecular formula is C16H22Zr. The van der Waals surface area contributed by atoms with E-state index in [9.17, 15) is 0 Å². The summed E-state index contributed by atoms with van der Waals surface area (Å²) in [6, 6.07) is 0. The van der Waals surface area contributed by atoms with Crippen LogP contribution in [0.3, 0.4) is 0 Å². The van der Waals surface area contributed by atoms with Crippen molar-refractivity contribution in [2.75, 3.05) is 0 Å². The first-order valence-corrected chi connectivity index (χ1v) is 7.29. The first kappa shape index (κ1) is 16.7. The number of hydrogen-bond donors (Lipinski definition) is 0. The van der Waals surface area contributed by atoms with Crippen LogP contribution in [0.1, 0.15) is 47.0 Å². The smallest absolute Gasteiger partial charge is 0.109 e. The SMILES string of the molecule is CCC1=CC(C)=[C-]C1.C[C](C)=[Zr+2].[C-]1=CC=CC1. The summed E-state index contributed by atoms with van der Waals surface area (Å²) in [6.07, 6.45) is 17.7. The maximum Gasteiger partial charge on any atom is -0.109 e. The summed E-state index contributed by atoms with van der Waals surface area (Å²) in [5.74, 6) is 0. The Morgan fingerprint density at radius 3 is 2.24 bits per heavy atom. The van der Waals surface area contributed by atoms with Crippen molar-refractivity contribution in [2.24, 2.45) is 0 Å². The summed E-state index contributed by atoms with van der Waals surface area (Å²) >= 11 is 1.55. The molecule has 0 heterocycles. The van der Waals surface area contributed by atoms with Crippen LogP contribution in [0.15, 0.2) is 35.5 Å². The first-order chi connectivity index (χ1) is 8.06. The zero-order chi connectivity index (χ0) is 13.1. The molecule has 0 saturated heterocycles. The zero-order valence-corrected chi connectivity index (χ0v) is 13.9. The third-order valence-electron chi connectivity index (χ3n) is 2.05. The molecule has 0 aromatic carbocycles. The van der Waals surface area contributed by atoms with Crippen molar-refractivity contribution in [1.29, 1.82) is 0 Å². The van der Waals surface area contributed by atoms with E-state index in [0.717, 1.165) is 12.8 Å². The summed E-state index contributed by atoms with van der Waals surface area (Å²) in [5.41, 5.74) is 2.82. The second-order valence-electron chi connectivity index (χ2n) is 4.20. The third kappa shape index (κ3) is 12.0. The van der Waals surface area contributed by atoms with Gasteiger partial charge < -0.3 is 0 Å². The van der Waals surface area contributed by atoms with E-state index in [0.29, 0.717) is 0 Å². The van der Waals surface area contributed by atoms with Gasteiger partial charge in [-0.15, -0.1) is 12.8 Å². The molecule has 0 radical (unpaired) electrons. The topological polar surface area (TPSA) is 0 Å². The molecule has 0 unspecified atom stereocenters. The molecule has 0 amide bonds. The van der Waals surface area contributed by atoms with E-state index in [-0.39, 0.29) is 0 Å². The normalized spacial score (nSPS) is 15.4. The van der Waals surface area contributed by atoms with Crippen LogP contribution in [0.25, 0.3) is 0 Å². The molecule has 0 aromatic rings. The standard InChI is InChI=1S/C8H11.C5H5.C3H6.Zr/c1-3-8-5-4-7(2)6-8;1-2-4-5-3-1;1-3-2;/h6H,3,5H2,1-2H3;1-3H,4H2;1-2H3;/q2*-1;;+2. The molecule has 2 aliphatic carbocycles. The van der Waals surface area contributed by atoms with Crippen LogP contribution in [0.5, 0.6) is 0 Å². The maximum atomic E-state index is 3.24. The van der Waals surface area contributed by atoms with Gasteiger partial charge in [0.2, 0.25) is 0 Å². The van der Waals surface area contributed by atoms with E-state index >= 15 is 0 Å². The predicted molar refractivity (Wildman–Crippen MR) is 73.3 cm³/mol. The monoisotopic (exact) mass is 304 g/mol. The molecule has 1 heteroatoms. The predicted octanol–water partition coefficient (Wildman–Crippen LogP) is 4.53. The summed E-state index contributed by atoms with van der Waals surface area (Å²) in [6.45, 7) is 8.53. The summed E-state index contributed by atoms with van der Waals surface area (Å²) in [4.78, 5) is 0. The van der Waals surface area contributed by atoms with Crippen molar-refractivity contribution in [2.45, 2.75) is 47.0 Å². The van der Waals surface area contributed by atoms with Crippen LogP contribution in [-0.2, 0) is 24.2 Å². The van der Waals surface area contributed by atoms with Crippen LogP contribution >= 0.6 is 0 Å². The van der Waals surface area contributed by atoms with Gasteiger partial charge in [-0.05, 0) is 0 Å². The van der Waals surface area contributed by atoms with Crippen molar-refractivity contribution in [3.63, 3.8) is 0 Å². The van der Waals surface area contributed by atoms with E-state index in [1.54, 1.807) is 24.2 Å². The molecule has 17 heavy (non-hydrogen) atoms. The maximum absolute atomic E-state index is 3.24. The first-order valence-electron chi connectivity index (χ1n) is 6.06. The summed E-state index contributed by atoms with van der Waals surface area (Å²) in [7, 11) is 0. The largest absolute Gasteiger partial charge is 0.273 e. The van der Waals surface area contributed by atoms with Gasteiger partial charge in [-0.1, -0.05) is 20.3 Å². The van der Waals surface area contributed by atoms with Crippen LogP contribution in [0, 0.1) is 12.2 Å². The van der Waals surface area contributed by atoms with Crippen LogP contribution in [0.2, 0.25) is 0 Å². The quantitative estimate of drug-likeness (QED) is 0.625. The Balaban J connectivity index is 0.000000246. The second kappa shape index (κ2) is 10.8. The molecule has 0 fully saturated rings. The average molecular weight is 306 g/mol. The molecule has 0 aromatic heterocycles. The molecule has 0 N–H and O–H groups in total. The molecule has 90 valence electrons. The average Bonchev–Trinajstić information content (AvgIpc) is 2.89. The van der Waals surface area contributed by atoms with Crippen molar-refractivity contribution in [1.82, 2.24) is 0 Å². The van der Waals surface area contributed by atoms with E-state index in [2.05, 4.69) is 52.0 Å². The Labute approximate surface area is 122 Å². The van der Waals surface area contributed by atoms with Gasteiger partial charge in [0.05, 0.1) is 0 Å². The number of rotatable bonds is 1. The Bertz CT molecular complexity index is 327. The molecular weight excluding hydrogens is 283 g/mol. The van der Waals surface area contributed by atoms with Crippen molar-refractivity contribution in [3.05, 3.63) is 47.6 Å². The van der Waals surface area contributed by atoms with E-state index in [4.69, 9.17) is 0 Å². The Morgan fingerprint density at radius 2 is 2.06 bits per heavy atom. The molecule has 0 atom stereocenters. The van der Waals surface area contributed by atoms with Crippen LogP contribution in [-0.4, -0.2) is 3.21 Å². The molecule has 0 spiro atoms. The van der Waals surface area contributed by atoms with Gasteiger partial charge in [-0.2, -0.15) is 11.6 Å². The van der Waals surface area contributed by atoms with E-state index in [1.807, 2.05) is 12.2 Å². The molecule has 0 nitrogen and oxygen atoms in total. The summed E-state index contributed by atoms with van der Waals surface area (Å²) < 4.78 is 1.51. The number of allylic oxidation sites excluding steroid dienone is 8. The van der Waals surface area contributed by atoms with Crippen molar-refractivity contribution >= 4 is 3.21 Å². The minimum absolute atomic E-state index is 1.01. The van der Waals surface area contributed by atoms with Gasteiger partial charge in [0.15, 0.2) is 0 Å². The van der Waals surface area contributed by atoms with Crippen LogP contribution in [0.4, 0.5) is 0 Å². The molecule has 2 rings (SSSR count). The number of hydrogen-bond acceptors (Lipinski definition) is 0. The molecule has 2 aliphatic rings. The fraction of sp³-hybridized carbons (Fsp3) is 0.438. The minimum atomic E-state index is 1.01. The van der Waals surface area contributed by atoms with Crippen LogP contribution < -0.4 is 0 Å². The minimum Gasteiger partial charge on any atom is -0.273 e. The fourth-order valence-corrected chi connectivity index (χ4v) is 1.23. The van der Waals surface area contributed by atoms with Gasteiger partial charge in [-0.3, -0.25) is 12.2 Å². The van der Waals surface area contributed by atoms with Gasteiger partial charge in [0.25, 0.3) is 0 Å². The summed E-state index contributed by atoms with van der Waals surface area (Å²) in [5, 5.41) is 0. The van der Waals surface area contributed by atoms with Gasteiger partial charge >= 0.3 is 41.3 Å². The van der Waals surface area contributed by atoms with Gasteiger partial charge in [0.1, 0.15) is 0 Å². The Hall–Kier alpha value is -0.287. The van der Waals surface area contributed by atoms with Crippen molar-refractivity contribution < 1.29 is 24.2 Å². The fourth-order valence-electron chi connectivity index (χ4n) is 1.23. The molecule has 0 bridgehead atoms. The van der Waals surface area contributed by atoms with Gasteiger partial charge in [-0.25, -0.2) is 23.8 Å². The van der Waals surface area contributed by atoms with Gasteiger partial charge in [0, 0.05) is 0 Å². The third-order valence-corrected chi connectivity index (χ3v) is 2.05. The Kier molecular flexibility index (Phi) is 10.7. The van der Waals surface area contributed by atoms with E-state index in [1.165, 1.54) is 20.8 Å². The molecule has 0 aliphatic heterocycles. The molecule has 0 saturated carbocycles. The zero-order valence-electron chi connectivity index (χ0n) is 11.4. The Morgan fingerprint density at radius 1 is 1.41 bits per heavy atom. The van der Waals surface area contributed by atoms with E-state index < -0.39 is 0 Å². The van der Waals surface area contributed by atoms with Crippen molar-refractivity contribution in [3.8, 4) is 0 Å². The second-order valence-corrected chi connectivity index (χ2v) is 6.65.